The molecule has 0 saturated heterocycles. The standard InChI is InChI=1S/C27H26ClF2N3O2/c28-25-11-8-23(32-26(34)17-4-2-1-3-5-17)14-19(25)16-33(24-9-6-22(31)7-10-24)27(35)18-12-20(29)15-21(30)13-18/h1-5,8,11-15,22,24H,6-7,9-10,16,31H2,(H,32,34). The lowest BCUT2D eigenvalue weighted by Crippen LogP contribution is -2.44. The molecule has 1 aliphatic carbocycles. The van der Waals surface area contributed by atoms with E-state index in [2.05, 4.69) is 5.32 Å². The number of rotatable bonds is 6. The number of hydrogen-bond acceptors (Lipinski definition) is 3. The number of carbonyl (C=O) groups is 2. The summed E-state index contributed by atoms with van der Waals surface area (Å²) in [5.74, 6) is -2.40. The van der Waals surface area contributed by atoms with E-state index < -0.39 is 17.5 Å². The molecule has 2 amide bonds. The van der Waals surface area contributed by atoms with E-state index in [0.717, 1.165) is 31.0 Å². The summed E-state index contributed by atoms with van der Waals surface area (Å²) in [5.41, 5.74) is 7.62. The van der Waals surface area contributed by atoms with E-state index in [0.29, 0.717) is 34.7 Å². The van der Waals surface area contributed by atoms with Crippen molar-refractivity contribution in [3.8, 4) is 0 Å². The van der Waals surface area contributed by atoms with Gasteiger partial charge in [0.2, 0.25) is 0 Å². The number of amides is 2. The predicted molar refractivity (Wildman–Crippen MR) is 132 cm³/mol. The quantitative estimate of drug-likeness (QED) is 0.453. The fraction of sp³-hybridized carbons (Fsp3) is 0.259. The molecule has 0 aromatic heterocycles. The van der Waals surface area contributed by atoms with E-state index in [4.69, 9.17) is 17.3 Å². The van der Waals surface area contributed by atoms with Crippen molar-refractivity contribution in [1.29, 1.82) is 0 Å². The minimum Gasteiger partial charge on any atom is -0.331 e. The number of nitrogens with one attached hydrogen (secondary N) is 1. The molecule has 1 aliphatic rings. The molecular weight excluding hydrogens is 472 g/mol. The van der Waals surface area contributed by atoms with E-state index in [1.807, 2.05) is 6.07 Å². The van der Waals surface area contributed by atoms with Gasteiger partial charge in [-0.2, -0.15) is 0 Å². The highest BCUT2D eigenvalue weighted by Gasteiger charge is 2.29. The molecule has 3 aromatic rings. The maximum atomic E-state index is 13.9. The van der Waals surface area contributed by atoms with Gasteiger partial charge in [-0.15, -0.1) is 0 Å². The third-order valence-corrected chi connectivity index (χ3v) is 6.60. The van der Waals surface area contributed by atoms with Gasteiger partial charge in [-0.3, -0.25) is 9.59 Å². The number of benzene rings is 3. The highest BCUT2D eigenvalue weighted by atomic mass is 35.5. The van der Waals surface area contributed by atoms with Crippen LogP contribution in [0, 0.1) is 11.6 Å². The minimum absolute atomic E-state index is 0.0648. The van der Waals surface area contributed by atoms with Crippen LogP contribution >= 0.6 is 11.6 Å². The highest BCUT2D eigenvalue weighted by Crippen LogP contribution is 2.29. The third kappa shape index (κ3) is 6.24. The Labute approximate surface area is 207 Å². The van der Waals surface area contributed by atoms with Crippen LogP contribution in [0.15, 0.2) is 66.7 Å². The average molecular weight is 498 g/mol. The molecule has 0 heterocycles. The lowest BCUT2D eigenvalue weighted by molar-refractivity contribution is 0.0605. The lowest BCUT2D eigenvalue weighted by atomic mass is 9.90. The number of nitrogens with two attached hydrogens (primary N) is 1. The van der Waals surface area contributed by atoms with Crippen molar-refractivity contribution in [2.45, 2.75) is 44.3 Å². The largest absolute Gasteiger partial charge is 0.331 e. The van der Waals surface area contributed by atoms with E-state index >= 15 is 0 Å². The van der Waals surface area contributed by atoms with Gasteiger partial charge in [0.25, 0.3) is 11.8 Å². The van der Waals surface area contributed by atoms with Crippen LogP contribution in [0.2, 0.25) is 5.02 Å². The molecule has 3 N–H and O–H groups in total. The van der Waals surface area contributed by atoms with Crippen LogP contribution in [0.4, 0.5) is 14.5 Å². The Morgan fingerprint density at radius 2 is 1.57 bits per heavy atom. The molecule has 182 valence electrons. The van der Waals surface area contributed by atoms with Crippen LogP contribution in [0.5, 0.6) is 0 Å². The number of anilines is 1. The summed E-state index contributed by atoms with van der Waals surface area (Å²) in [7, 11) is 0. The molecule has 1 saturated carbocycles. The Morgan fingerprint density at radius 3 is 2.23 bits per heavy atom. The zero-order valence-electron chi connectivity index (χ0n) is 19.0. The fourth-order valence-electron chi connectivity index (χ4n) is 4.37. The molecule has 5 nitrogen and oxygen atoms in total. The zero-order chi connectivity index (χ0) is 24.9. The Hall–Kier alpha value is -3.29. The first-order valence-corrected chi connectivity index (χ1v) is 11.9. The van der Waals surface area contributed by atoms with E-state index in [1.165, 1.54) is 0 Å². The monoisotopic (exact) mass is 497 g/mol. The smallest absolute Gasteiger partial charge is 0.255 e. The molecule has 35 heavy (non-hydrogen) atoms. The van der Waals surface area contributed by atoms with Crippen molar-refractivity contribution in [3.05, 3.63) is 100 Å². The van der Waals surface area contributed by atoms with Gasteiger partial charge in [-0.25, -0.2) is 8.78 Å². The number of carbonyl (C=O) groups excluding carboxylic acids is 2. The minimum atomic E-state index is -0.817. The van der Waals surface area contributed by atoms with Crippen LogP contribution in [-0.2, 0) is 6.54 Å². The zero-order valence-corrected chi connectivity index (χ0v) is 19.8. The van der Waals surface area contributed by atoms with E-state index in [1.54, 1.807) is 47.4 Å². The van der Waals surface area contributed by atoms with Gasteiger partial charge in [0.15, 0.2) is 0 Å². The second-order valence-corrected chi connectivity index (χ2v) is 9.19. The first kappa shape index (κ1) is 24.8. The molecule has 4 rings (SSSR count). The third-order valence-electron chi connectivity index (χ3n) is 6.23. The van der Waals surface area contributed by atoms with Crippen molar-refractivity contribution in [2.24, 2.45) is 5.73 Å². The molecule has 0 aliphatic heterocycles. The Balaban J connectivity index is 1.61. The van der Waals surface area contributed by atoms with Gasteiger partial charge >= 0.3 is 0 Å². The molecule has 0 unspecified atom stereocenters. The molecule has 0 spiro atoms. The molecule has 1 fully saturated rings. The van der Waals surface area contributed by atoms with Crippen LogP contribution in [-0.4, -0.2) is 28.8 Å². The molecule has 0 bridgehead atoms. The van der Waals surface area contributed by atoms with Crippen LogP contribution in [0.1, 0.15) is 52.0 Å². The average Bonchev–Trinajstić information content (AvgIpc) is 2.84. The maximum absolute atomic E-state index is 13.9. The van der Waals surface area contributed by atoms with Gasteiger partial charge in [0.05, 0.1) is 0 Å². The number of nitrogens with zero attached hydrogens (tertiary/aromatic N) is 1. The number of hydrogen-bond donors (Lipinski definition) is 2. The summed E-state index contributed by atoms with van der Waals surface area (Å²) >= 11 is 6.47. The highest BCUT2D eigenvalue weighted by molar-refractivity contribution is 6.31. The second kappa shape index (κ2) is 11.0. The summed E-state index contributed by atoms with van der Waals surface area (Å²) in [5, 5.41) is 3.26. The second-order valence-electron chi connectivity index (χ2n) is 8.79. The molecule has 0 radical (unpaired) electrons. The lowest BCUT2D eigenvalue weighted by Gasteiger charge is -2.36. The molecule has 0 atom stereocenters. The summed E-state index contributed by atoms with van der Waals surface area (Å²) in [4.78, 5) is 27.6. The van der Waals surface area contributed by atoms with Gasteiger partial charge < -0.3 is 16.0 Å². The van der Waals surface area contributed by atoms with E-state index in [-0.39, 0.29) is 30.1 Å². The maximum Gasteiger partial charge on any atom is 0.255 e. The SMILES string of the molecule is NC1CCC(N(Cc2cc(NC(=O)c3ccccc3)ccc2Cl)C(=O)c2cc(F)cc(F)c2)CC1. The van der Waals surface area contributed by atoms with Crippen molar-refractivity contribution < 1.29 is 18.4 Å². The fourth-order valence-corrected chi connectivity index (χ4v) is 4.55. The van der Waals surface area contributed by atoms with Crippen molar-refractivity contribution in [3.63, 3.8) is 0 Å². The van der Waals surface area contributed by atoms with Crippen molar-refractivity contribution >= 4 is 29.1 Å². The summed E-state index contributed by atoms with van der Waals surface area (Å²) in [6.07, 6.45) is 2.83. The van der Waals surface area contributed by atoms with Crippen molar-refractivity contribution in [1.82, 2.24) is 4.90 Å². The van der Waals surface area contributed by atoms with Gasteiger partial charge in [0.1, 0.15) is 11.6 Å². The van der Waals surface area contributed by atoms with Crippen LogP contribution in [0.25, 0.3) is 0 Å². The first-order valence-electron chi connectivity index (χ1n) is 11.5. The van der Waals surface area contributed by atoms with Gasteiger partial charge in [0, 0.05) is 46.5 Å². The molecule has 3 aromatic carbocycles. The topological polar surface area (TPSA) is 75.4 Å². The summed E-state index contributed by atoms with van der Waals surface area (Å²) in [6.45, 7) is 0.116. The predicted octanol–water partition coefficient (Wildman–Crippen LogP) is 5.78. The number of halogens is 3. The Bertz CT molecular complexity index is 1190. The normalized spacial score (nSPS) is 17.6. The van der Waals surface area contributed by atoms with Crippen molar-refractivity contribution in [2.75, 3.05) is 5.32 Å². The summed E-state index contributed by atoms with van der Waals surface area (Å²) < 4.78 is 27.7. The van der Waals surface area contributed by atoms with Crippen LogP contribution in [0.3, 0.4) is 0 Å². The van der Waals surface area contributed by atoms with Gasteiger partial charge in [-0.1, -0.05) is 29.8 Å². The Kier molecular flexibility index (Phi) is 7.78. The summed E-state index contributed by atoms with van der Waals surface area (Å²) in [6, 6.07) is 16.5. The van der Waals surface area contributed by atoms with E-state index in [9.17, 15) is 18.4 Å². The first-order chi connectivity index (χ1) is 16.8. The van der Waals surface area contributed by atoms with Gasteiger partial charge in [-0.05, 0) is 73.7 Å². The molecule has 8 heteroatoms. The molecular formula is C27H26ClF2N3O2. The Morgan fingerprint density at radius 1 is 0.914 bits per heavy atom. The van der Waals surface area contributed by atoms with Crippen LogP contribution < -0.4 is 11.1 Å².